The van der Waals surface area contributed by atoms with Crippen LogP contribution in [0.5, 0.6) is 0 Å². The Morgan fingerprint density at radius 3 is 2.32 bits per heavy atom. The van der Waals surface area contributed by atoms with E-state index in [0.29, 0.717) is 25.9 Å². The second kappa shape index (κ2) is 8.57. The monoisotopic (exact) mass is 322 g/mol. The average Bonchev–Trinajstić information content (AvgIpc) is 2.52. The van der Waals surface area contributed by atoms with Gasteiger partial charge in [0.2, 0.25) is 15.9 Å². The molecule has 0 radical (unpaired) electrons. The van der Waals surface area contributed by atoms with Crippen molar-refractivity contribution in [1.29, 1.82) is 0 Å². The molecule has 0 saturated heterocycles. The van der Waals surface area contributed by atoms with E-state index in [-0.39, 0.29) is 17.3 Å². The van der Waals surface area contributed by atoms with E-state index in [2.05, 4.69) is 11.2 Å². The maximum Gasteiger partial charge on any atom is 0.243 e. The summed E-state index contributed by atoms with van der Waals surface area (Å²) in [5.41, 5.74) is 0.911. The number of hydrogen-bond acceptors (Lipinski definition) is 3. The number of nitrogens with zero attached hydrogens (tertiary/aromatic N) is 1. The quantitative estimate of drug-likeness (QED) is 0.736. The predicted molar refractivity (Wildman–Crippen MR) is 86.7 cm³/mol. The number of amides is 1. The molecule has 1 rings (SSSR count). The summed E-state index contributed by atoms with van der Waals surface area (Å²) >= 11 is 0. The molecule has 0 aliphatic heterocycles. The zero-order chi connectivity index (χ0) is 16.6. The number of rotatable bonds is 8. The summed E-state index contributed by atoms with van der Waals surface area (Å²) in [5.74, 6) is 2.23. The lowest BCUT2D eigenvalue weighted by Crippen LogP contribution is -2.30. The summed E-state index contributed by atoms with van der Waals surface area (Å²) in [6.45, 7) is 4.72. The molecule has 5 nitrogen and oxygen atoms in total. The number of carbonyl (C=O) groups excluding carboxylic acids is 1. The molecule has 0 saturated carbocycles. The second-order valence-corrected chi connectivity index (χ2v) is 6.65. The van der Waals surface area contributed by atoms with Crippen molar-refractivity contribution in [2.75, 3.05) is 19.6 Å². The highest BCUT2D eigenvalue weighted by Gasteiger charge is 2.21. The van der Waals surface area contributed by atoms with Crippen molar-refractivity contribution in [2.45, 2.75) is 31.6 Å². The molecule has 0 bridgehead atoms. The zero-order valence-corrected chi connectivity index (χ0v) is 13.8. The third-order valence-corrected chi connectivity index (χ3v) is 5.36. The van der Waals surface area contributed by atoms with Crippen LogP contribution in [0.15, 0.2) is 29.2 Å². The minimum Gasteiger partial charge on any atom is -0.345 e. The Balaban J connectivity index is 2.71. The van der Waals surface area contributed by atoms with Crippen LogP contribution < -0.4 is 5.32 Å². The van der Waals surface area contributed by atoms with Gasteiger partial charge in [-0.05, 0) is 24.1 Å². The number of nitrogens with one attached hydrogen (secondary N) is 1. The van der Waals surface area contributed by atoms with Gasteiger partial charge in [0.05, 0.1) is 11.4 Å². The van der Waals surface area contributed by atoms with Crippen LogP contribution in [0.4, 0.5) is 0 Å². The number of sulfonamides is 1. The molecule has 1 N–H and O–H groups in total. The molecule has 6 heteroatoms. The normalized spacial score (nSPS) is 11.2. The number of hydrogen-bond donors (Lipinski definition) is 1. The molecule has 0 unspecified atom stereocenters. The van der Waals surface area contributed by atoms with Gasteiger partial charge in [0.15, 0.2) is 0 Å². The summed E-state index contributed by atoms with van der Waals surface area (Å²) in [5, 5.41) is 2.59. The second-order valence-electron chi connectivity index (χ2n) is 4.71. The third kappa shape index (κ3) is 4.86. The number of terminal acetylenes is 1. The van der Waals surface area contributed by atoms with Gasteiger partial charge in [-0.25, -0.2) is 8.42 Å². The largest absolute Gasteiger partial charge is 0.345 e. The van der Waals surface area contributed by atoms with E-state index in [4.69, 9.17) is 6.42 Å². The van der Waals surface area contributed by atoms with Crippen LogP contribution in [0.1, 0.15) is 25.8 Å². The number of benzene rings is 1. The fourth-order valence-corrected chi connectivity index (χ4v) is 3.49. The van der Waals surface area contributed by atoms with Crippen LogP contribution in [0.2, 0.25) is 0 Å². The van der Waals surface area contributed by atoms with Gasteiger partial charge in [-0.3, -0.25) is 4.79 Å². The van der Waals surface area contributed by atoms with Gasteiger partial charge in [-0.15, -0.1) is 6.42 Å². The molecular formula is C16H22N2O3S. The lowest BCUT2D eigenvalue weighted by molar-refractivity contribution is -0.120. The van der Waals surface area contributed by atoms with E-state index in [9.17, 15) is 13.2 Å². The first kappa shape index (κ1) is 18.2. The van der Waals surface area contributed by atoms with Crippen LogP contribution in [0.25, 0.3) is 0 Å². The molecule has 1 amide bonds. The minimum atomic E-state index is -3.43. The first-order valence-corrected chi connectivity index (χ1v) is 8.69. The summed E-state index contributed by atoms with van der Waals surface area (Å²) in [7, 11) is -3.43. The van der Waals surface area contributed by atoms with Gasteiger partial charge in [0.1, 0.15) is 0 Å². The Kier molecular flexibility index (Phi) is 7.09. The fraction of sp³-hybridized carbons (Fsp3) is 0.438. The molecule has 0 heterocycles. The molecule has 0 aromatic heterocycles. The average molecular weight is 322 g/mol. The van der Waals surface area contributed by atoms with Crippen LogP contribution >= 0.6 is 0 Å². The predicted octanol–water partition coefficient (Wildman–Crippen LogP) is 1.40. The molecule has 0 aliphatic rings. The van der Waals surface area contributed by atoms with Crippen molar-refractivity contribution in [3.8, 4) is 12.3 Å². The molecule has 1 aromatic rings. The topological polar surface area (TPSA) is 66.5 Å². The Labute approximate surface area is 132 Å². The van der Waals surface area contributed by atoms with Gasteiger partial charge in [0, 0.05) is 19.5 Å². The SMILES string of the molecule is C#CCNC(=O)CCc1ccc(S(=O)(=O)N(CC)CC)cc1. The van der Waals surface area contributed by atoms with Crippen molar-refractivity contribution < 1.29 is 13.2 Å². The van der Waals surface area contributed by atoms with Gasteiger partial charge in [-0.1, -0.05) is 31.9 Å². The van der Waals surface area contributed by atoms with Crippen LogP contribution in [-0.4, -0.2) is 38.3 Å². The Morgan fingerprint density at radius 1 is 1.23 bits per heavy atom. The Hall–Kier alpha value is -1.84. The van der Waals surface area contributed by atoms with Crippen molar-refractivity contribution in [2.24, 2.45) is 0 Å². The molecule has 120 valence electrons. The summed E-state index contributed by atoms with van der Waals surface area (Å²) < 4.78 is 26.1. The summed E-state index contributed by atoms with van der Waals surface area (Å²) in [4.78, 5) is 11.7. The third-order valence-electron chi connectivity index (χ3n) is 3.29. The zero-order valence-electron chi connectivity index (χ0n) is 13.0. The highest BCUT2D eigenvalue weighted by Crippen LogP contribution is 2.16. The van der Waals surface area contributed by atoms with Gasteiger partial charge in [0.25, 0.3) is 0 Å². The van der Waals surface area contributed by atoms with E-state index < -0.39 is 10.0 Å². The van der Waals surface area contributed by atoms with Crippen molar-refractivity contribution >= 4 is 15.9 Å². The molecular weight excluding hydrogens is 300 g/mol. The molecule has 0 aliphatic carbocycles. The summed E-state index contributed by atoms with van der Waals surface area (Å²) in [6.07, 6.45) is 5.93. The van der Waals surface area contributed by atoms with Crippen LogP contribution in [-0.2, 0) is 21.2 Å². The van der Waals surface area contributed by atoms with Gasteiger partial charge in [-0.2, -0.15) is 4.31 Å². The fourth-order valence-electron chi connectivity index (χ4n) is 2.04. The van der Waals surface area contributed by atoms with E-state index in [0.717, 1.165) is 5.56 Å². The minimum absolute atomic E-state index is 0.113. The molecule has 22 heavy (non-hydrogen) atoms. The Morgan fingerprint density at radius 2 is 1.82 bits per heavy atom. The molecule has 1 aromatic carbocycles. The van der Waals surface area contributed by atoms with Crippen LogP contribution in [0, 0.1) is 12.3 Å². The van der Waals surface area contributed by atoms with E-state index in [1.54, 1.807) is 24.3 Å². The van der Waals surface area contributed by atoms with E-state index in [1.165, 1.54) is 4.31 Å². The number of aryl methyl sites for hydroxylation is 1. The lowest BCUT2D eigenvalue weighted by atomic mass is 10.1. The van der Waals surface area contributed by atoms with Gasteiger partial charge >= 0.3 is 0 Å². The first-order valence-electron chi connectivity index (χ1n) is 7.25. The molecule has 0 spiro atoms. The number of carbonyl (C=O) groups is 1. The lowest BCUT2D eigenvalue weighted by Gasteiger charge is -2.18. The summed E-state index contributed by atoms with van der Waals surface area (Å²) in [6, 6.07) is 6.65. The van der Waals surface area contributed by atoms with Crippen molar-refractivity contribution in [3.63, 3.8) is 0 Å². The highest BCUT2D eigenvalue weighted by molar-refractivity contribution is 7.89. The van der Waals surface area contributed by atoms with E-state index in [1.807, 2.05) is 13.8 Å². The first-order chi connectivity index (χ1) is 10.5. The van der Waals surface area contributed by atoms with Crippen molar-refractivity contribution in [3.05, 3.63) is 29.8 Å². The van der Waals surface area contributed by atoms with Gasteiger partial charge < -0.3 is 5.32 Å². The maximum atomic E-state index is 12.3. The smallest absolute Gasteiger partial charge is 0.243 e. The molecule has 0 atom stereocenters. The van der Waals surface area contributed by atoms with Crippen molar-refractivity contribution in [1.82, 2.24) is 9.62 Å². The Bertz CT molecular complexity index is 626. The van der Waals surface area contributed by atoms with E-state index >= 15 is 0 Å². The maximum absolute atomic E-state index is 12.3. The standard InChI is InChI=1S/C16H22N2O3S/c1-4-13-17-16(19)12-9-14-7-10-15(11-8-14)22(20,21)18(5-2)6-3/h1,7-8,10-11H,5-6,9,12-13H2,2-3H3,(H,17,19). The molecule has 0 fully saturated rings. The van der Waals surface area contributed by atoms with Crippen LogP contribution in [0.3, 0.4) is 0 Å². The highest BCUT2D eigenvalue weighted by atomic mass is 32.2.